The van der Waals surface area contributed by atoms with Crippen molar-refractivity contribution >= 4 is 98.8 Å². The van der Waals surface area contributed by atoms with E-state index in [2.05, 4.69) is 0 Å². The zero-order chi connectivity index (χ0) is 27.0. The number of hydrogen-bond acceptors (Lipinski definition) is 6. The molecule has 0 aliphatic rings. The Bertz CT molecular complexity index is 486. The summed E-state index contributed by atoms with van der Waals surface area (Å²) in [5.41, 5.74) is 0. The molecule has 0 saturated heterocycles. The Morgan fingerprint density at radius 2 is 0.312 bits per heavy atom. The molecule has 12 N–H and O–H groups in total. The van der Waals surface area contributed by atoms with Gasteiger partial charge in [0.15, 0.2) is 0 Å². The standard InChI is InChI=1S/6FH2O3P.K.Mn.H/c6*1-5(2,3)4;;;/h6*(H2,2,3,4);;;. The van der Waals surface area contributed by atoms with Crippen LogP contribution in [-0.4, -0.2) is 110 Å². The van der Waals surface area contributed by atoms with Crippen molar-refractivity contribution in [3.05, 3.63) is 0 Å². The average molecular weight is 695 g/mol. The molecular weight excluding hydrogens is 682 g/mol. The third kappa shape index (κ3) is 4700. The third-order valence-electron chi connectivity index (χ3n) is 0. The predicted molar refractivity (Wildman–Crippen MR) is 86.1 cm³/mol. The molecule has 0 amide bonds. The van der Waals surface area contributed by atoms with Crippen molar-refractivity contribution in [3.63, 3.8) is 0 Å². The van der Waals surface area contributed by atoms with E-state index in [9.17, 15) is 25.2 Å². The van der Waals surface area contributed by atoms with Crippen LogP contribution in [0.25, 0.3) is 0 Å². The minimum Gasteiger partial charge on any atom is 0 e. The number of rotatable bonds is 0. The van der Waals surface area contributed by atoms with E-state index in [1.807, 2.05) is 0 Å². The van der Waals surface area contributed by atoms with E-state index in [1.165, 1.54) is 0 Å². The second-order valence-corrected chi connectivity index (χ2v) is 8.51. The normalized spacial score (nSPS) is 11.1. The van der Waals surface area contributed by atoms with Crippen LogP contribution in [0.2, 0.25) is 0 Å². The van der Waals surface area contributed by atoms with Crippen LogP contribution in [-0.2, 0) is 44.5 Å². The van der Waals surface area contributed by atoms with Gasteiger partial charge < -0.3 is 0 Å². The van der Waals surface area contributed by atoms with Gasteiger partial charge in [0, 0.05) is 17.1 Å². The fraction of sp³-hybridized carbons (Fsp3) is 0. The van der Waals surface area contributed by atoms with Crippen LogP contribution < -0.4 is 0 Å². The summed E-state index contributed by atoms with van der Waals surface area (Å²) in [6, 6.07) is 0. The van der Waals surface area contributed by atoms with E-state index in [4.69, 9.17) is 86.1 Å². The van der Waals surface area contributed by atoms with Crippen molar-refractivity contribution in [1.29, 1.82) is 0 Å². The van der Waals surface area contributed by atoms with Crippen LogP contribution in [0.1, 0.15) is 0 Å². The van der Waals surface area contributed by atoms with E-state index in [1.54, 1.807) is 0 Å². The predicted octanol–water partition coefficient (Wildman–Crippen LogP) is -0.359. The molecule has 0 rings (SSSR count). The van der Waals surface area contributed by atoms with Crippen LogP contribution in [0.3, 0.4) is 0 Å². The van der Waals surface area contributed by atoms with Crippen LogP contribution in [0, 0.1) is 0 Å². The first-order chi connectivity index (χ1) is 12.0. The average Bonchev–Trinajstić information content (AvgIpc) is 1.94. The second kappa shape index (κ2) is 24.0. The third-order valence-corrected chi connectivity index (χ3v) is 0. The van der Waals surface area contributed by atoms with Crippen molar-refractivity contribution in [1.82, 2.24) is 0 Å². The number of halogens is 6. The summed E-state index contributed by atoms with van der Waals surface area (Å²) in [6.07, 6.45) is 0. The molecule has 0 aromatic carbocycles. The summed E-state index contributed by atoms with van der Waals surface area (Å²) in [7, 11) is -30.8. The van der Waals surface area contributed by atoms with E-state index in [-0.39, 0.29) is 68.5 Å². The second-order valence-electron chi connectivity index (χ2n) is 2.84. The molecule has 201 valence electrons. The van der Waals surface area contributed by atoms with Gasteiger partial charge in [-0.3, -0.25) is 58.7 Å². The summed E-state index contributed by atoms with van der Waals surface area (Å²) in [4.78, 5) is 83.6. The summed E-state index contributed by atoms with van der Waals surface area (Å²) in [5.74, 6) is 0. The van der Waals surface area contributed by atoms with Crippen LogP contribution in [0.5, 0.6) is 0 Å². The van der Waals surface area contributed by atoms with Crippen molar-refractivity contribution in [3.8, 4) is 0 Å². The topological polar surface area (TPSA) is 345 Å². The Morgan fingerprint density at radius 1 is 0.312 bits per heavy atom. The van der Waals surface area contributed by atoms with E-state index >= 15 is 0 Å². The quantitative estimate of drug-likeness (QED) is 0.0874. The molecule has 0 saturated carbocycles. The Labute approximate surface area is 225 Å². The van der Waals surface area contributed by atoms with Crippen molar-refractivity contribution in [2.24, 2.45) is 0 Å². The molecule has 0 aromatic rings. The van der Waals surface area contributed by atoms with Gasteiger partial charge in [-0.2, -0.15) is 0 Å². The Hall–Kier alpha value is 2.64. The van der Waals surface area contributed by atoms with Gasteiger partial charge in [0.1, 0.15) is 0 Å². The molecule has 18 nitrogen and oxygen atoms in total. The van der Waals surface area contributed by atoms with Gasteiger partial charge in [-0.25, -0.2) is 27.4 Å². The Kier molecular flexibility index (Phi) is 41.4. The fourth-order valence-corrected chi connectivity index (χ4v) is 0. The molecule has 0 aliphatic heterocycles. The zero-order valence-corrected chi connectivity index (χ0v) is 19.7. The maximum absolute atomic E-state index is 10.4. The molecule has 0 atom stereocenters. The van der Waals surface area contributed by atoms with Gasteiger partial charge in [-0.05, 0) is 0 Å². The molecule has 32 heavy (non-hydrogen) atoms. The van der Waals surface area contributed by atoms with E-state index in [0.717, 1.165) is 0 Å². The van der Waals surface area contributed by atoms with Gasteiger partial charge >= 0.3 is 98.8 Å². The molecule has 0 aromatic heterocycles. The maximum atomic E-state index is 10.4. The zero-order valence-electron chi connectivity index (χ0n) is 13.1. The molecule has 0 heterocycles. The Morgan fingerprint density at radius 3 is 0.312 bits per heavy atom. The molecule has 0 spiro atoms. The smallest absolute Gasteiger partial charge is 0 e. The van der Waals surface area contributed by atoms with E-state index in [0.29, 0.717) is 0 Å². The molecule has 32 heteroatoms. The summed E-state index contributed by atoms with van der Waals surface area (Å²) in [5, 5.41) is 0. The minimum absolute atomic E-state index is 0. The monoisotopic (exact) mass is 695 g/mol. The molecule has 0 bridgehead atoms. The van der Waals surface area contributed by atoms with Crippen molar-refractivity contribution in [2.75, 3.05) is 0 Å². The number of hydrogen-bond donors (Lipinski definition) is 12. The molecule has 0 fully saturated rings. The van der Waals surface area contributed by atoms with Gasteiger partial charge in [0.05, 0.1) is 0 Å². The molecular formula is H13F6KMnO18P6. The summed E-state index contributed by atoms with van der Waals surface area (Å²) < 4.78 is 114. The first-order valence-corrected chi connectivity index (χ1v) is 13.5. The summed E-state index contributed by atoms with van der Waals surface area (Å²) in [6.45, 7) is 0. The van der Waals surface area contributed by atoms with Crippen molar-refractivity contribution < 1.29 is 128 Å². The van der Waals surface area contributed by atoms with Crippen LogP contribution in [0.15, 0.2) is 0 Å². The first-order valence-electron chi connectivity index (χ1n) is 4.51. The summed E-state index contributed by atoms with van der Waals surface area (Å²) >= 11 is 0. The van der Waals surface area contributed by atoms with Crippen LogP contribution >= 0.6 is 47.4 Å². The van der Waals surface area contributed by atoms with Gasteiger partial charge in [0.2, 0.25) is 0 Å². The Balaban J connectivity index is -0.0000000356. The van der Waals surface area contributed by atoms with Crippen LogP contribution in [0.4, 0.5) is 25.2 Å². The minimum atomic E-state index is -5.14. The first kappa shape index (κ1) is 55.2. The van der Waals surface area contributed by atoms with Gasteiger partial charge in [0.25, 0.3) is 0 Å². The molecule has 1 radical (unpaired) electrons. The van der Waals surface area contributed by atoms with Crippen molar-refractivity contribution in [2.45, 2.75) is 0 Å². The van der Waals surface area contributed by atoms with Gasteiger partial charge in [-0.15, -0.1) is 25.2 Å². The van der Waals surface area contributed by atoms with E-state index < -0.39 is 47.4 Å². The largest absolute Gasteiger partial charge is 0 e. The maximum Gasteiger partial charge on any atom is 0 e. The molecule has 0 unspecified atom stereocenters. The SMILES string of the molecule is O=P(O)(O)F.O=P(O)(O)F.O=P(O)(O)F.O=P(O)(O)F.O=P(O)(O)F.O=P(O)(O)F.[KH].[Mn]. The fourth-order valence-electron chi connectivity index (χ4n) is 0. The molecule has 0 aliphatic carbocycles. The van der Waals surface area contributed by atoms with Gasteiger partial charge in [-0.1, -0.05) is 0 Å².